The van der Waals surface area contributed by atoms with Crippen molar-refractivity contribution in [3.8, 4) is 11.1 Å². The average Bonchev–Trinajstić information content (AvgIpc) is 2.84. The Morgan fingerprint density at radius 2 is 1.75 bits per heavy atom. The third kappa shape index (κ3) is 3.48. The minimum atomic E-state index is -4.38. The fourth-order valence-electron chi connectivity index (χ4n) is 2.11. The average molecular weight is 350 g/mol. The van der Waals surface area contributed by atoms with Gasteiger partial charge in [-0.2, -0.15) is 13.2 Å². The molecule has 4 nitrogen and oxygen atoms in total. The number of nitrogens with zero attached hydrogens (tertiary/aromatic N) is 1. The summed E-state index contributed by atoms with van der Waals surface area (Å²) in [5, 5.41) is 1.68. The van der Waals surface area contributed by atoms with Crippen LogP contribution in [0.15, 0.2) is 47.5 Å². The van der Waals surface area contributed by atoms with Gasteiger partial charge in [-0.15, -0.1) is 0 Å². The van der Waals surface area contributed by atoms with Crippen molar-refractivity contribution in [1.82, 2.24) is 10.3 Å². The lowest BCUT2D eigenvalue weighted by Crippen LogP contribution is -2.17. The molecule has 122 valence electrons. The highest BCUT2D eigenvalue weighted by molar-refractivity contribution is 8.18. The minimum Gasteiger partial charge on any atom is -0.282 e. The van der Waals surface area contributed by atoms with Crippen molar-refractivity contribution < 1.29 is 22.8 Å². The second kappa shape index (κ2) is 6.12. The van der Waals surface area contributed by atoms with E-state index < -0.39 is 22.9 Å². The fourth-order valence-corrected chi connectivity index (χ4v) is 2.78. The van der Waals surface area contributed by atoms with Crippen LogP contribution in [0.3, 0.4) is 0 Å². The number of nitrogens with one attached hydrogen (secondary N) is 1. The number of carbonyl (C=O) groups is 2. The molecular formula is C16H9F3N2O2S. The third-order valence-electron chi connectivity index (χ3n) is 3.25. The zero-order valence-corrected chi connectivity index (χ0v) is 12.7. The number of rotatable bonds is 2. The van der Waals surface area contributed by atoms with Crippen molar-refractivity contribution in [3.63, 3.8) is 0 Å². The van der Waals surface area contributed by atoms with Gasteiger partial charge in [0.2, 0.25) is 0 Å². The summed E-state index contributed by atoms with van der Waals surface area (Å²) in [7, 11) is 0. The Morgan fingerprint density at radius 3 is 2.33 bits per heavy atom. The first kappa shape index (κ1) is 16.3. The highest BCUT2D eigenvalue weighted by Gasteiger charge is 2.30. The SMILES string of the molecule is O=C1NC(=O)/C(=C/c2cc(-c3ccc(C(F)(F)F)cc3)ccn2)S1. The quantitative estimate of drug-likeness (QED) is 0.829. The summed E-state index contributed by atoms with van der Waals surface area (Å²) >= 11 is 0.771. The molecule has 0 saturated carbocycles. The maximum absolute atomic E-state index is 12.6. The first-order valence-corrected chi connectivity index (χ1v) is 7.53. The summed E-state index contributed by atoms with van der Waals surface area (Å²) in [6.07, 6.45) is -1.44. The smallest absolute Gasteiger partial charge is 0.282 e. The normalized spacial score (nSPS) is 16.5. The van der Waals surface area contributed by atoms with Crippen LogP contribution in [0, 0.1) is 0 Å². The molecule has 0 aliphatic carbocycles. The van der Waals surface area contributed by atoms with Crippen LogP contribution in [0.5, 0.6) is 0 Å². The van der Waals surface area contributed by atoms with Gasteiger partial charge in [-0.05, 0) is 53.2 Å². The molecule has 1 saturated heterocycles. The van der Waals surface area contributed by atoms with E-state index in [4.69, 9.17) is 0 Å². The van der Waals surface area contributed by atoms with Crippen molar-refractivity contribution in [2.75, 3.05) is 0 Å². The van der Waals surface area contributed by atoms with Gasteiger partial charge >= 0.3 is 6.18 Å². The Hall–Kier alpha value is -2.61. The van der Waals surface area contributed by atoms with Crippen molar-refractivity contribution in [2.24, 2.45) is 0 Å². The Kier molecular flexibility index (Phi) is 4.15. The molecule has 1 N–H and O–H groups in total. The molecule has 2 heterocycles. The molecule has 1 fully saturated rings. The Bertz CT molecular complexity index is 845. The third-order valence-corrected chi connectivity index (χ3v) is 4.06. The molecule has 0 spiro atoms. The van der Waals surface area contributed by atoms with Crippen LogP contribution in [0.4, 0.5) is 18.0 Å². The molecule has 0 radical (unpaired) electrons. The summed E-state index contributed by atoms with van der Waals surface area (Å²) in [6, 6.07) is 8.04. The number of hydrogen-bond donors (Lipinski definition) is 1. The van der Waals surface area contributed by atoms with Gasteiger partial charge in [0.05, 0.1) is 16.2 Å². The van der Waals surface area contributed by atoms with Gasteiger partial charge in [0.15, 0.2) is 0 Å². The van der Waals surface area contributed by atoms with E-state index in [2.05, 4.69) is 10.3 Å². The molecular weight excluding hydrogens is 341 g/mol. The highest BCUT2D eigenvalue weighted by atomic mass is 32.2. The number of carbonyl (C=O) groups excluding carboxylic acids is 2. The largest absolute Gasteiger partial charge is 0.416 e. The number of imide groups is 1. The van der Waals surface area contributed by atoms with Crippen LogP contribution in [0.1, 0.15) is 11.3 Å². The maximum Gasteiger partial charge on any atom is 0.416 e. The Labute approximate surface area is 138 Å². The van der Waals surface area contributed by atoms with Gasteiger partial charge in [0.1, 0.15) is 0 Å². The number of amides is 2. The molecule has 3 rings (SSSR count). The topological polar surface area (TPSA) is 59.1 Å². The summed E-state index contributed by atoms with van der Waals surface area (Å²) < 4.78 is 37.8. The van der Waals surface area contributed by atoms with Crippen LogP contribution in [-0.2, 0) is 11.0 Å². The molecule has 8 heteroatoms. The van der Waals surface area contributed by atoms with E-state index in [1.54, 1.807) is 12.1 Å². The fraction of sp³-hybridized carbons (Fsp3) is 0.0625. The molecule has 1 aliphatic heterocycles. The number of aromatic nitrogens is 1. The number of benzene rings is 1. The van der Waals surface area contributed by atoms with Gasteiger partial charge in [-0.25, -0.2) is 0 Å². The second-order valence-electron chi connectivity index (χ2n) is 4.90. The molecule has 1 aromatic heterocycles. The van der Waals surface area contributed by atoms with E-state index in [1.165, 1.54) is 24.4 Å². The molecule has 0 atom stereocenters. The highest BCUT2D eigenvalue weighted by Crippen LogP contribution is 2.31. The number of hydrogen-bond acceptors (Lipinski definition) is 4. The monoisotopic (exact) mass is 350 g/mol. The van der Waals surface area contributed by atoms with Gasteiger partial charge in [0.25, 0.3) is 11.1 Å². The van der Waals surface area contributed by atoms with E-state index in [-0.39, 0.29) is 4.91 Å². The van der Waals surface area contributed by atoms with E-state index in [0.717, 1.165) is 23.9 Å². The van der Waals surface area contributed by atoms with Crippen LogP contribution in [0.25, 0.3) is 17.2 Å². The predicted octanol–water partition coefficient (Wildman–Crippen LogP) is 4.09. The molecule has 0 bridgehead atoms. The molecule has 1 aliphatic rings. The summed E-state index contributed by atoms with van der Waals surface area (Å²) in [5.74, 6) is -0.494. The van der Waals surface area contributed by atoms with E-state index in [9.17, 15) is 22.8 Å². The molecule has 2 aromatic rings. The minimum absolute atomic E-state index is 0.220. The Morgan fingerprint density at radius 1 is 1.04 bits per heavy atom. The molecule has 2 amide bonds. The van der Waals surface area contributed by atoms with Crippen molar-refractivity contribution >= 4 is 29.0 Å². The molecule has 1 aromatic carbocycles. The number of pyridine rings is 1. The van der Waals surface area contributed by atoms with Crippen LogP contribution in [0.2, 0.25) is 0 Å². The lowest BCUT2D eigenvalue weighted by Gasteiger charge is -2.08. The number of halogens is 3. The number of thioether (sulfide) groups is 1. The zero-order valence-electron chi connectivity index (χ0n) is 11.9. The first-order valence-electron chi connectivity index (χ1n) is 6.71. The van der Waals surface area contributed by atoms with Crippen LogP contribution in [-0.4, -0.2) is 16.1 Å². The molecule has 24 heavy (non-hydrogen) atoms. The van der Waals surface area contributed by atoms with Crippen LogP contribution < -0.4 is 5.32 Å². The van der Waals surface area contributed by atoms with E-state index in [1.807, 2.05) is 0 Å². The zero-order chi connectivity index (χ0) is 17.3. The van der Waals surface area contributed by atoms with E-state index in [0.29, 0.717) is 16.8 Å². The lowest BCUT2D eigenvalue weighted by atomic mass is 10.0. The summed E-state index contributed by atoms with van der Waals surface area (Å²) in [4.78, 5) is 27.0. The lowest BCUT2D eigenvalue weighted by molar-refractivity contribution is -0.137. The van der Waals surface area contributed by atoms with Crippen molar-refractivity contribution in [1.29, 1.82) is 0 Å². The van der Waals surface area contributed by atoms with E-state index >= 15 is 0 Å². The standard InChI is InChI=1S/C16H9F3N2O2S/c17-16(18,19)11-3-1-9(2-4-11)10-5-6-20-12(7-10)8-13-14(22)21-15(23)24-13/h1-8H,(H,21,22,23)/b13-8-. The van der Waals surface area contributed by atoms with Crippen molar-refractivity contribution in [3.05, 3.63) is 58.8 Å². The summed E-state index contributed by atoms with van der Waals surface area (Å²) in [6.45, 7) is 0. The summed E-state index contributed by atoms with van der Waals surface area (Å²) in [5.41, 5.74) is 0.949. The predicted molar refractivity (Wildman–Crippen MR) is 83.8 cm³/mol. The van der Waals surface area contributed by atoms with Crippen LogP contribution >= 0.6 is 11.8 Å². The second-order valence-corrected chi connectivity index (χ2v) is 5.91. The number of alkyl halides is 3. The maximum atomic E-state index is 12.6. The van der Waals surface area contributed by atoms with Crippen molar-refractivity contribution in [2.45, 2.75) is 6.18 Å². The van der Waals surface area contributed by atoms with Gasteiger partial charge in [-0.1, -0.05) is 12.1 Å². The van der Waals surface area contributed by atoms with Gasteiger partial charge in [0, 0.05) is 6.20 Å². The molecule has 0 unspecified atom stereocenters. The Balaban J connectivity index is 1.90. The van der Waals surface area contributed by atoms with Gasteiger partial charge in [-0.3, -0.25) is 19.9 Å². The van der Waals surface area contributed by atoms with Gasteiger partial charge < -0.3 is 0 Å². The first-order chi connectivity index (χ1) is 11.3.